The fraction of sp³-hybridized carbons (Fsp3) is 0.250. The number of aromatic nitrogens is 3. The third-order valence-electron chi connectivity index (χ3n) is 4.89. The zero-order chi connectivity index (χ0) is 19.5. The average molecular weight is 397 g/mol. The number of halogens is 1. The van der Waals surface area contributed by atoms with E-state index in [4.69, 9.17) is 11.6 Å². The van der Waals surface area contributed by atoms with Crippen LogP contribution in [-0.4, -0.2) is 59.2 Å². The molecule has 0 aliphatic carbocycles. The first-order valence-corrected chi connectivity index (χ1v) is 9.49. The average Bonchev–Trinajstić information content (AvgIpc) is 3.19. The number of carbonyl (C=O) groups excluding carboxylic acids is 1. The van der Waals surface area contributed by atoms with Gasteiger partial charge in [0, 0.05) is 36.8 Å². The lowest BCUT2D eigenvalue weighted by molar-refractivity contribution is 0.102. The lowest BCUT2D eigenvalue weighted by Gasteiger charge is -2.33. The molecular formula is C20H21ClN6O. The van der Waals surface area contributed by atoms with Gasteiger partial charge in [-0.05, 0) is 25.2 Å². The van der Waals surface area contributed by atoms with Crippen LogP contribution in [0.25, 0.3) is 11.3 Å². The monoisotopic (exact) mass is 396 g/mol. The van der Waals surface area contributed by atoms with Crippen molar-refractivity contribution < 1.29 is 4.79 Å². The minimum atomic E-state index is -0.288. The Hall–Kier alpha value is -2.90. The Bertz CT molecular complexity index is 963. The van der Waals surface area contributed by atoms with E-state index < -0.39 is 0 Å². The second kappa shape index (κ2) is 8.00. The van der Waals surface area contributed by atoms with Gasteiger partial charge in [0.15, 0.2) is 0 Å². The molecule has 0 unspecified atom stereocenters. The maximum Gasteiger partial charge on any atom is 0.260 e. The summed E-state index contributed by atoms with van der Waals surface area (Å²) in [5, 5.41) is 10.2. The summed E-state index contributed by atoms with van der Waals surface area (Å²) in [6.07, 6.45) is 3.29. The topological polar surface area (TPSA) is 77.1 Å². The van der Waals surface area contributed by atoms with E-state index >= 15 is 0 Å². The van der Waals surface area contributed by atoms with Crippen molar-refractivity contribution in [1.29, 1.82) is 0 Å². The third kappa shape index (κ3) is 3.85. The number of hydrogen-bond acceptors (Lipinski definition) is 5. The van der Waals surface area contributed by atoms with E-state index in [1.165, 1.54) is 6.20 Å². The molecule has 7 nitrogen and oxygen atoms in total. The molecule has 0 bridgehead atoms. The van der Waals surface area contributed by atoms with Gasteiger partial charge in [0.2, 0.25) is 0 Å². The molecule has 144 valence electrons. The zero-order valence-corrected chi connectivity index (χ0v) is 16.3. The summed E-state index contributed by atoms with van der Waals surface area (Å²) in [5.74, 6) is 0.206. The van der Waals surface area contributed by atoms with Gasteiger partial charge in [0.1, 0.15) is 5.82 Å². The van der Waals surface area contributed by atoms with Crippen LogP contribution in [0.1, 0.15) is 10.4 Å². The first-order valence-electron chi connectivity index (χ1n) is 9.11. The number of rotatable bonds is 4. The highest BCUT2D eigenvalue weighted by molar-refractivity contribution is 6.33. The molecule has 0 atom stereocenters. The number of amides is 1. The molecule has 1 aromatic carbocycles. The highest BCUT2D eigenvalue weighted by Crippen LogP contribution is 2.28. The van der Waals surface area contributed by atoms with Crippen molar-refractivity contribution in [1.82, 2.24) is 20.1 Å². The number of anilines is 2. The van der Waals surface area contributed by atoms with Gasteiger partial charge in [-0.1, -0.05) is 29.8 Å². The second-order valence-corrected chi connectivity index (χ2v) is 7.19. The fourth-order valence-electron chi connectivity index (χ4n) is 3.22. The van der Waals surface area contributed by atoms with Crippen LogP contribution in [0.3, 0.4) is 0 Å². The van der Waals surface area contributed by atoms with Gasteiger partial charge in [0.25, 0.3) is 5.91 Å². The Morgan fingerprint density at radius 2 is 1.89 bits per heavy atom. The molecule has 8 heteroatoms. The number of hydrogen-bond donors (Lipinski definition) is 2. The summed E-state index contributed by atoms with van der Waals surface area (Å²) in [5.41, 5.74) is 2.78. The number of aromatic amines is 1. The first kappa shape index (κ1) is 18.5. The Balaban J connectivity index is 1.48. The first-order chi connectivity index (χ1) is 13.6. The summed E-state index contributed by atoms with van der Waals surface area (Å²) in [6.45, 7) is 4.01. The molecule has 3 aromatic rings. The second-order valence-electron chi connectivity index (χ2n) is 6.78. The van der Waals surface area contributed by atoms with E-state index in [-0.39, 0.29) is 5.91 Å². The summed E-state index contributed by atoms with van der Waals surface area (Å²) >= 11 is 6.25. The van der Waals surface area contributed by atoms with Gasteiger partial charge in [0.05, 0.1) is 29.3 Å². The summed E-state index contributed by atoms with van der Waals surface area (Å²) in [7, 11) is 2.13. The number of nitrogens with zero attached hydrogens (tertiary/aromatic N) is 4. The van der Waals surface area contributed by atoms with Crippen LogP contribution in [0.4, 0.5) is 11.5 Å². The minimum Gasteiger partial charge on any atom is -0.368 e. The predicted octanol–water partition coefficient (Wildman–Crippen LogP) is 3.13. The van der Waals surface area contributed by atoms with Gasteiger partial charge in [-0.3, -0.25) is 9.89 Å². The van der Waals surface area contributed by atoms with Crippen LogP contribution in [0, 0.1) is 0 Å². The van der Waals surface area contributed by atoms with Crippen molar-refractivity contribution in [3.05, 3.63) is 59.4 Å². The van der Waals surface area contributed by atoms with E-state index in [1.54, 1.807) is 12.3 Å². The molecule has 1 aliphatic rings. The molecule has 2 aromatic heterocycles. The highest BCUT2D eigenvalue weighted by Gasteiger charge is 2.18. The molecule has 3 heterocycles. The van der Waals surface area contributed by atoms with Crippen LogP contribution in [-0.2, 0) is 0 Å². The molecule has 0 saturated carbocycles. The normalized spacial score (nSPS) is 14.9. The lowest BCUT2D eigenvalue weighted by Crippen LogP contribution is -2.44. The fourth-order valence-corrected chi connectivity index (χ4v) is 3.45. The Kier molecular flexibility index (Phi) is 5.27. The SMILES string of the molecule is CN1CCN(c2ccc(NC(=O)c3cn[nH]c3-c3ccccc3Cl)nc2)CC1. The van der Waals surface area contributed by atoms with E-state index in [0.29, 0.717) is 22.1 Å². The summed E-state index contributed by atoms with van der Waals surface area (Å²) in [6, 6.07) is 11.1. The van der Waals surface area contributed by atoms with Crippen molar-refractivity contribution in [3.8, 4) is 11.3 Å². The highest BCUT2D eigenvalue weighted by atomic mass is 35.5. The molecular weight excluding hydrogens is 376 g/mol. The Labute approximate surface area is 168 Å². The summed E-state index contributed by atoms with van der Waals surface area (Å²) in [4.78, 5) is 21.7. The molecule has 28 heavy (non-hydrogen) atoms. The Morgan fingerprint density at radius 3 is 2.61 bits per heavy atom. The minimum absolute atomic E-state index is 0.288. The number of nitrogens with one attached hydrogen (secondary N) is 2. The van der Waals surface area contributed by atoms with E-state index in [2.05, 4.69) is 37.3 Å². The van der Waals surface area contributed by atoms with E-state index in [9.17, 15) is 4.79 Å². The number of likely N-dealkylation sites (N-methyl/N-ethyl adjacent to an activating group) is 1. The quantitative estimate of drug-likeness (QED) is 0.708. The van der Waals surface area contributed by atoms with Crippen LogP contribution in [0.5, 0.6) is 0 Å². The van der Waals surface area contributed by atoms with Crippen molar-refractivity contribution >= 4 is 29.0 Å². The summed E-state index contributed by atoms with van der Waals surface area (Å²) < 4.78 is 0. The van der Waals surface area contributed by atoms with Crippen LogP contribution in [0.2, 0.25) is 5.02 Å². The van der Waals surface area contributed by atoms with Gasteiger partial charge < -0.3 is 15.1 Å². The largest absolute Gasteiger partial charge is 0.368 e. The predicted molar refractivity (Wildman–Crippen MR) is 111 cm³/mol. The molecule has 0 spiro atoms. The molecule has 1 fully saturated rings. The maximum atomic E-state index is 12.7. The molecule has 1 amide bonds. The Morgan fingerprint density at radius 1 is 1.11 bits per heavy atom. The van der Waals surface area contributed by atoms with Crippen molar-refractivity contribution in [2.24, 2.45) is 0 Å². The number of piperazine rings is 1. The van der Waals surface area contributed by atoms with Gasteiger partial charge in [-0.2, -0.15) is 5.10 Å². The van der Waals surface area contributed by atoms with Gasteiger partial charge in [-0.15, -0.1) is 0 Å². The number of pyridine rings is 1. The smallest absolute Gasteiger partial charge is 0.260 e. The van der Waals surface area contributed by atoms with Crippen LogP contribution in [0.15, 0.2) is 48.8 Å². The van der Waals surface area contributed by atoms with Crippen molar-refractivity contribution in [2.45, 2.75) is 0 Å². The molecule has 1 saturated heterocycles. The van der Waals surface area contributed by atoms with Gasteiger partial charge in [-0.25, -0.2) is 4.98 Å². The maximum absolute atomic E-state index is 12.7. The van der Waals surface area contributed by atoms with Crippen LogP contribution < -0.4 is 10.2 Å². The van der Waals surface area contributed by atoms with Crippen molar-refractivity contribution in [2.75, 3.05) is 43.4 Å². The molecule has 0 radical (unpaired) electrons. The number of carbonyl (C=O) groups is 1. The van der Waals surface area contributed by atoms with E-state index in [0.717, 1.165) is 37.4 Å². The number of H-pyrrole nitrogens is 1. The lowest BCUT2D eigenvalue weighted by atomic mass is 10.1. The zero-order valence-electron chi connectivity index (χ0n) is 15.5. The molecule has 4 rings (SSSR count). The standard InChI is InChI=1S/C20H21ClN6O/c1-26-8-10-27(11-9-26)14-6-7-18(22-12-14)24-20(28)16-13-23-25-19(16)15-4-2-3-5-17(15)21/h2-7,12-13H,8-11H2,1H3,(H,23,25)(H,22,24,28). The van der Waals surface area contributed by atoms with Gasteiger partial charge >= 0.3 is 0 Å². The van der Waals surface area contributed by atoms with Crippen molar-refractivity contribution in [3.63, 3.8) is 0 Å². The molecule has 2 N–H and O–H groups in total. The van der Waals surface area contributed by atoms with Crippen LogP contribution >= 0.6 is 11.6 Å². The molecule has 1 aliphatic heterocycles. The third-order valence-corrected chi connectivity index (χ3v) is 5.21. The van der Waals surface area contributed by atoms with E-state index in [1.807, 2.05) is 30.3 Å². The number of benzene rings is 1.